The van der Waals surface area contributed by atoms with Gasteiger partial charge in [0.25, 0.3) is 0 Å². The van der Waals surface area contributed by atoms with Crippen molar-refractivity contribution in [2.24, 2.45) is 0 Å². The molecular weight excluding hydrogens is 454 g/mol. The van der Waals surface area contributed by atoms with Crippen molar-refractivity contribution in [2.75, 3.05) is 17.7 Å². The Kier molecular flexibility index (Phi) is 8.15. The molecule has 2 aromatic rings. The Morgan fingerprint density at radius 3 is 2.73 bits per heavy atom. The van der Waals surface area contributed by atoms with Crippen LogP contribution in [0.1, 0.15) is 28.8 Å². The third kappa shape index (κ3) is 5.75. The van der Waals surface area contributed by atoms with Crippen molar-refractivity contribution >= 4 is 40.7 Å². The number of carbonyl (C=O) groups excluding carboxylic acids is 2. The molecule has 0 unspecified atom stereocenters. The Hall–Kier alpha value is -3.28. The number of dihydropyridines is 1. The highest BCUT2D eigenvalue weighted by Gasteiger charge is 2.36. The first-order valence-corrected chi connectivity index (χ1v) is 12.2. The van der Waals surface area contributed by atoms with E-state index in [1.807, 2.05) is 49.6 Å². The predicted octanol–water partition coefficient (Wildman–Crippen LogP) is 5.16. The molecule has 1 amide bonds. The second kappa shape index (κ2) is 11.0. The van der Waals surface area contributed by atoms with Gasteiger partial charge in [0, 0.05) is 16.3 Å². The number of rotatable bonds is 8. The second-order valence-corrected chi connectivity index (χ2v) is 9.45. The number of hydrogen-bond acceptors (Lipinski definition) is 7. The summed E-state index contributed by atoms with van der Waals surface area (Å²) in [5.74, 6) is -1.12. The van der Waals surface area contributed by atoms with Crippen LogP contribution in [-0.4, -0.2) is 24.2 Å². The summed E-state index contributed by atoms with van der Waals surface area (Å²) in [5.41, 5.74) is 4.35. The van der Waals surface area contributed by atoms with Gasteiger partial charge in [-0.1, -0.05) is 36.5 Å². The summed E-state index contributed by atoms with van der Waals surface area (Å²) in [4.78, 5) is 26.2. The van der Waals surface area contributed by atoms with Crippen molar-refractivity contribution in [3.05, 3.63) is 86.2 Å². The third-order valence-electron chi connectivity index (χ3n) is 5.17. The van der Waals surface area contributed by atoms with E-state index >= 15 is 0 Å². The molecule has 0 saturated carbocycles. The topological polar surface area (TPSA) is 91.2 Å². The summed E-state index contributed by atoms with van der Waals surface area (Å²) < 4.78 is 5.29. The van der Waals surface area contributed by atoms with Crippen molar-refractivity contribution in [1.82, 2.24) is 5.32 Å². The average molecular weight is 480 g/mol. The molecule has 33 heavy (non-hydrogen) atoms. The highest BCUT2D eigenvalue weighted by Crippen LogP contribution is 2.42. The molecule has 0 saturated heterocycles. The fourth-order valence-corrected chi connectivity index (χ4v) is 5.14. The summed E-state index contributed by atoms with van der Waals surface area (Å²) in [6.45, 7) is 9.44. The van der Waals surface area contributed by atoms with Crippen LogP contribution in [0.15, 0.2) is 70.2 Å². The number of nitrogens with one attached hydrogen (secondary N) is 2. The van der Waals surface area contributed by atoms with E-state index in [0.29, 0.717) is 21.9 Å². The van der Waals surface area contributed by atoms with Gasteiger partial charge in [-0.05, 0) is 55.5 Å². The van der Waals surface area contributed by atoms with Crippen molar-refractivity contribution in [1.29, 1.82) is 5.26 Å². The van der Waals surface area contributed by atoms with E-state index in [9.17, 15) is 14.9 Å². The summed E-state index contributed by atoms with van der Waals surface area (Å²) in [6, 6.07) is 11.8. The van der Waals surface area contributed by atoms with Crippen LogP contribution in [0.4, 0.5) is 5.69 Å². The van der Waals surface area contributed by atoms with Crippen LogP contribution < -0.4 is 10.6 Å². The van der Waals surface area contributed by atoms with Gasteiger partial charge in [0.05, 0.1) is 33.9 Å². The lowest BCUT2D eigenvalue weighted by Crippen LogP contribution is -2.29. The highest BCUT2D eigenvalue weighted by molar-refractivity contribution is 8.03. The predicted molar refractivity (Wildman–Crippen MR) is 134 cm³/mol. The van der Waals surface area contributed by atoms with E-state index in [1.54, 1.807) is 6.92 Å². The molecule has 0 fully saturated rings. The fourth-order valence-electron chi connectivity index (χ4n) is 3.40. The van der Waals surface area contributed by atoms with Gasteiger partial charge < -0.3 is 15.4 Å². The number of thiophene rings is 1. The quantitative estimate of drug-likeness (QED) is 0.401. The number of esters is 1. The van der Waals surface area contributed by atoms with Crippen LogP contribution in [0.5, 0.6) is 0 Å². The Morgan fingerprint density at radius 2 is 2.09 bits per heavy atom. The lowest BCUT2D eigenvalue weighted by Gasteiger charge is -2.28. The first-order valence-electron chi connectivity index (χ1n) is 10.3. The number of thioether (sulfide) groups is 1. The van der Waals surface area contributed by atoms with E-state index in [-0.39, 0.29) is 18.3 Å². The van der Waals surface area contributed by atoms with Gasteiger partial charge in [-0.2, -0.15) is 5.26 Å². The van der Waals surface area contributed by atoms with Crippen molar-refractivity contribution in [2.45, 2.75) is 26.7 Å². The molecule has 0 bridgehead atoms. The molecule has 0 radical (unpaired) electrons. The van der Waals surface area contributed by atoms with Crippen molar-refractivity contribution in [3.8, 4) is 6.07 Å². The Balaban J connectivity index is 1.83. The van der Waals surface area contributed by atoms with Gasteiger partial charge in [0.2, 0.25) is 5.91 Å². The zero-order valence-electron chi connectivity index (χ0n) is 18.7. The van der Waals surface area contributed by atoms with E-state index in [4.69, 9.17) is 4.74 Å². The van der Waals surface area contributed by atoms with E-state index in [1.165, 1.54) is 29.2 Å². The SMILES string of the molecule is C=CCOC(=O)C1=C(C)NC(SCC(=O)Nc2ccc(C)c(C)c2)=C(C#N)[C@@H]1c1cccs1. The second-order valence-electron chi connectivity index (χ2n) is 7.49. The number of benzene rings is 1. The number of nitrogens with zero attached hydrogens (tertiary/aromatic N) is 1. The minimum absolute atomic E-state index is 0.0820. The van der Waals surface area contributed by atoms with Gasteiger partial charge in [-0.15, -0.1) is 11.3 Å². The Labute approximate surface area is 202 Å². The van der Waals surface area contributed by atoms with Gasteiger partial charge in [0.1, 0.15) is 6.61 Å². The van der Waals surface area contributed by atoms with E-state index in [0.717, 1.165) is 21.7 Å². The van der Waals surface area contributed by atoms with Crippen LogP contribution in [-0.2, 0) is 14.3 Å². The van der Waals surface area contributed by atoms with Gasteiger partial charge in [-0.25, -0.2) is 4.79 Å². The number of nitriles is 1. The maximum atomic E-state index is 12.8. The molecule has 1 aliphatic rings. The third-order valence-corrected chi connectivity index (χ3v) is 7.12. The fraction of sp³-hybridized carbons (Fsp3) is 0.240. The minimum Gasteiger partial charge on any atom is -0.458 e. The molecule has 1 aliphatic heterocycles. The van der Waals surface area contributed by atoms with Crippen LogP contribution in [0.3, 0.4) is 0 Å². The summed E-state index contributed by atoms with van der Waals surface area (Å²) in [6.07, 6.45) is 1.50. The molecule has 2 N–H and O–H groups in total. The standard InChI is InChI=1S/C25H25N3O3S2/c1-5-10-31-25(30)22-17(4)27-24(19(13-26)23(22)20-7-6-11-32-20)33-14-21(29)28-18-9-8-15(2)16(3)12-18/h5-9,11-12,23,27H,1,10,14H2,2-4H3,(H,28,29)/t23-/m1/s1. The zero-order valence-corrected chi connectivity index (χ0v) is 20.4. The zero-order chi connectivity index (χ0) is 24.0. The minimum atomic E-state index is -0.557. The van der Waals surface area contributed by atoms with Gasteiger partial charge in [-0.3, -0.25) is 4.79 Å². The monoisotopic (exact) mass is 479 g/mol. The summed E-state index contributed by atoms with van der Waals surface area (Å²) in [7, 11) is 0. The van der Waals surface area contributed by atoms with Crippen LogP contribution in [0.25, 0.3) is 0 Å². The first-order chi connectivity index (χ1) is 15.8. The Bertz CT molecular complexity index is 1170. The van der Waals surface area contributed by atoms with Gasteiger partial charge >= 0.3 is 5.97 Å². The van der Waals surface area contributed by atoms with Crippen molar-refractivity contribution in [3.63, 3.8) is 0 Å². The van der Waals surface area contributed by atoms with Crippen LogP contribution >= 0.6 is 23.1 Å². The molecule has 6 nitrogen and oxygen atoms in total. The van der Waals surface area contributed by atoms with Crippen LogP contribution in [0, 0.1) is 25.2 Å². The number of aryl methyl sites for hydroxylation is 2. The average Bonchev–Trinajstić information content (AvgIpc) is 3.32. The molecule has 1 aromatic heterocycles. The molecule has 3 rings (SSSR count). The first kappa shape index (κ1) is 24.4. The van der Waals surface area contributed by atoms with Crippen molar-refractivity contribution < 1.29 is 14.3 Å². The molecule has 1 aromatic carbocycles. The molecule has 0 spiro atoms. The number of carbonyl (C=O) groups is 2. The lowest BCUT2D eigenvalue weighted by molar-refractivity contribution is -0.138. The lowest BCUT2D eigenvalue weighted by atomic mass is 9.87. The maximum absolute atomic E-state index is 12.8. The number of ether oxygens (including phenoxy) is 1. The number of hydrogen-bond donors (Lipinski definition) is 2. The van der Waals surface area contributed by atoms with E-state index < -0.39 is 11.9 Å². The van der Waals surface area contributed by atoms with E-state index in [2.05, 4.69) is 23.3 Å². The summed E-state index contributed by atoms with van der Waals surface area (Å²) >= 11 is 2.70. The normalized spacial score (nSPS) is 15.5. The number of anilines is 1. The largest absolute Gasteiger partial charge is 0.458 e. The molecule has 170 valence electrons. The van der Waals surface area contributed by atoms with Crippen LogP contribution in [0.2, 0.25) is 0 Å². The molecule has 2 heterocycles. The van der Waals surface area contributed by atoms with Gasteiger partial charge in [0.15, 0.2) is 0 Å². The molecule has 1 atom stereocenters. The Morgan fingerprint density at radius 1 is 1.30 bits per heavy atom. The number of amides is 1. The molecule has 0 aliphatic carbocycles. The highest BCUT2D eigenvalue weighted by atomic mass is 32.2. The number of allylic oxidation sites excluding steroid dienone is 2. The maximum Gasteiger partial charge on any atom is 0.337 e. The smallest absolute Gasteiger partial charge is 0.337 e. The molecular formula is C25H25N3O3S2. The molecule has 8 heteroatoms. The summed E-state index contributed by atoms with van der Waals surface area (Å²) in [5, 5.41) is 18.5.